The number of carbonyl (C=O) groups is 1. The number of hydrogen-bond acceptors (Lipinski definition) is 4. The fraction of sp³-hybridized carbons (Fsp3) is 0.133. The first kappa shape index (κ1) is 13.1. The van der Waals surface area contributed by atoms with Gasteiger partial charge in [-0.25, -0.2) is 9.97 Å². The van der Waals surface area contributed by atoms with Gasteiger partial charge in [0.15, 0.2) is 0 Å². The summed E-state index contributed by atoms with van der Waals surface area (Å²) < 4.78 is 0. The van der Waals surface area contributed by atoms with E-state index < -0.39 is 0 Å². The minimum absolute atomic E-state index is 0.267. The molecule has 0 aliphatic rings. The Morgan fingerprint density at radius 3 is 2.62 bits per heavy atom. The predicted octanol–water partition coefficient (Wildman–Crippen LogP) is 2.41. The second kappa shape index (κ2) is 4.90. The lowest BCUT2D eigenvalue weighted by Crippen LogP contribution is -2.14. The largest absolute Gasteiger partial charge is 0.399 e. The molecule has 0 aliphatic carbocycles. The number of nitrogens with zero attached hydrogens (tertiary/aromatic N) is 2. The molecule has 0 unspecified atom stereocenters. The van der Waals surface area contributed by atoms with Crippen LogP contribution < -0.4 is 11.1 Å². The lowest BCUT2D eigenvalue weighted by atomic mass is 10.1. The van der Waals surface area contributed by atoms with E-state index in [1.807, 2.05) is 26.0 Å². The average Bonchev–Trinajstić information content (AvgIpc) is 2.80. The predicted molar refractivity (Wildman–Crippen MR) is 82.2 cm³/mol. The molecule has 0 fully saturated rings. The van der Waals surface area contributed by atoms with Crippen LogP contribution >= 0.6 is 0 Å². The van der Waals surface area contributed by atoms with Crippen molar-refractivity contribution in [1.29, 1.82) is 0 Å². The van der Waals surface area contributed by atoms with Crippen molar-refractivity contribution in [1.82, 2.24) is 15.0 Å². The van der Waals surface area contributed by atoms with Crippen molar-refractivity contribution in [3.8, 4) is 0 Å². The Balaban J connectivity index is 1.95. The molecule has 1 amide bonds. The standard InChI is InChI=1S/C15H15N5O/c1-8-5-9(2)19-15(18-8)20-14(21)12-7-17-13-4-3-10(16)6-11(12)13/h3-7,17H,16H2,1-2H3,(H,18,19,20,21). The Morgan fingerprint density at radius 1 is 1.19 bits per heavy atom. The fourth-order valence-electron chi connectivity index (χ4n) is 2.28. The van der Waals surface area contributed by atoms with Gasteiger partial charge >= 0.3 is 0 Å². The molecule has 1 aromatic carbocycles. The molecule has 3 aromatic rings. The summed E-state index contributed by atoms with van der Waals surface area (Å²) in [6.07, 6.45) is 1.65. The summed E-state index contributed by atoms with van der Waals surface area (Å²) in [4.78, 5) is 23.8. The normalized spacial score (nSPS) is 10.8. The number of nitrogen functional groups attached to an aromatic ring is 1. The van der Waals surface area contributed by atoms with Gasteiger partial charge in [-0.2, -0.15) is 0 Å². The summed E-state index contributed by atoms with van der Waals surface area (Å²) in [5, 5.41) is 3.49. The van der Waals surface area contributed by atoms with Crippen molar-refractivity contribution in [2.45, 2.75) is 13.8 Å². The zero-order valence-corrected chi connectivity index (χ0v) is 11.8. The number of fused-ring (bicyclic) bond motifs is 1. The summed E-state index contributed by atoms with van der Waals surface area (Å²) in [5.41, 5.74) is 9.37. The van der Waals surface area contributed by atoms with Crippen molar-refractivity contribution in [3.05, 3.63) is 47.4 Å². The molecule has 0 spiro atoms. The lowest BCUT2D eigenvalue weighted by molar-refractivity contribution is 0.102. The molecule has 0 aliphatic heterocycles. The second-order valence-electron chi connectivity index (χ2n) is 4.94. The smallest absolute Gasteiger partial charge is 0.260 e. The molecule has 4 N–H and O–H groups in total. The number of nitrogens with one attached hydrogen (secondary N) is 2. The minimum atomic E-state index is -0.267. The van der Waals surface area contributed by atoms with Gasteiger partial charge < -0.3 is 10.7 Å². The Labute approximate surface area is 121 Å². The molecule has 0 radical (unpaired) electrons. The number of amides is 1. The van der Waals surface area contributed by atoms with Crippen LogP contribution in [0.1, 0.15) is 21.7 Å². The van der Waals surface area contributed by atoms with Gasteiger partial charge in [0.25, 0.3) is 5.91 Å². The van der Waals surface area contributed by atoms with E-state index in [0.29, 0.717) is 17.2 Å². The molecular weight excluding hydrogens is 266 g/mol. The first-order valence-corrected chi connectivity index (χ1v) is 6.53. The van der Waals surface area contributed by atoms with E-state index in [2.05, 4.69) is 20.3 Å². The van der Waals surface area contributed by atoms with Gasteiger partial charge in [-0.3, -0.25) is 10.1 Å². The van der Waals surface area contributed by atoms with E-state index in [1.54, 1.807) is 18.3 Å². The van der Waals surface area contributed by atoms with Crippen molar-refractivity contribution in [3.63, 3.8) is 0 Å². The molecular formula is C15H15N5O. The zero-order valence-electron chi connectivity index (χ0n) is 11.8. The van der Waals surface area contributed by atoms with Crippen LogP contribution in [0.15, 0.2) is 30.5 Å². The van der Waals surface area contributed by atoms with Gasteiger partial charge in [-0.15, -0.1) is 0 Å². The number of aromatic amines is 1. The second-order valence-corrected chi connectivity index (χ2v) is 4.94. The van der Waals surface area contributed by atoms with E-state index >= 15 is 0 Å². The van der Waals surface area contributed by atoms with Crippen LogP contribution in [0.25, 0.3) is 10.9 Å². The molecule has 2 heterocycles. The molecule has 3 rings (SSSR count). The molecule has 6 heteroatoms. The molecule has 0 atom stereocenters. The highest BCUT2D eigenvalue weighted by atomic mass is 16.1. The summed E-state index contributed by atoms with van der Waals surface area (Å²) in [6, 6.07) is 7.24. The third kappa shape index (κ3) is 2.55. The lowest BCUT2D eigenvalue weighted by Gasteiger charge is -2.05. The van der Waals surface area contributed by atoms with Crippen LogP contribution in [0.5, 0.6) is 0 Å². The maximum Gasteiger partial charge on any atom is 0.260 e. The Morgan fingerprint density at radius 2 is 1.90 bits per heavy atom. The summed E-state index contributed by atoms with van der Waals surface area (Å²) in [5.74, 6) is 0.0348. The van der Waals surface area contributed by atoms with Gasteiger partial charge in [0, 0.05) is 34.2 Å². The third-order valence-corrected chi connectivity index (χ3v) is 3.16. The number of H-pyrrole nitrogens is 1. The Kier molecular flexibility index (Phi) is 3.06. The third-order valence-electron chi connectivity index (χ3n) is 3.16. The number of benzene rings is 1. The molecule has 6 nitrogen and oxygen atoms in total. The van der Waals surface area contributed by atoms with Crippen LogP contribution in [0.2, 0.25) is 0 Å². The number of aromatic nitrogens is 3. The number of carbonyl (C=O) groups excluding carboxylic acids is 1. The molecule has 0 saturated heterocycles. The molecule has 0 saturated carbocycles. The van der Waals surface area contributed by atoms with Gasteiger partial charge in [0.05, 0.1) is 5.56 Å². The van der Waals surface area contributed by atoms with Crippen LogP contribution in [-0.2, 0) is 0 Å². The molecule has 21 heavy (non-hydrogen) atoms. The first-order valence-electron chi connectivity index (χ1n) is 6.53. The highest BCUT2D eigenvalue weighted by molar-refractivity contribution is 6.12. The van der Waals surface area contributed by atoms with E-state index in [1.165, 1.54) is 0 Å². The molecule has 106 valence electrons. The average molecular weight is 281 g/mol. The first-order chi connectivity index (χ1) is 10.0. The van der Waals surface area contributed by atoms with E-state index in [4.69, 9.17) is 5.73 Å². The highest BCUT2D eigenvalue weighted by Crippen LogP contribution is 2.21. The maximum absolute atomic E-state index is 12.4. The number of nitrogens with two attached hydrogens (primary N) is 1. The number of hydrogen-bond donors (Lipinski definition) is 3. The molecule has 0 bridgehead atoms. The van der Waals surface area contributed by atoms with Gasteiger partial charge in [0.1, 0.15) is 0 Å². The van der Waals surface area contributed by atoms with Crippen LogP contribution in [-0.4, -0.2) is 20.9 Å². The maximum atomic E-state index is 12.4. The van der Waals surface area contributed by atoms with Crippen molar-refractivity contribution < 1.29 is 4.79 Å². The Bertz CT molecular complexity index is 817. The SMILES string of the molecule is Cc1cc(C)nc(NC(=O)c2c[nH]c3ccc(N)cc23)n1. The fourth-order valence-corrected chi connectivity index (χ4v) is 2.28. The zero-order chi connectivity index (χ0) is 15.0. The van der Waals surface area contributed by atoms with Crippen molar-refractivity contribution in [2.75, 3.05) is 11.1 Å². The minimum Gasteiger partial charge on any atom is -0.399 e. The van der Waals surface area contributed by atoms with Crippen LogP contribution in [0.4, 0.5) is 11.6 Å². The highest BCUT2D eigenvalue weighted by Gasteiger charge is 2.13. The topological polar surface area (TPSA) is 96.7 Å². The van der Waals surface area contributed by atoms with Crippen LogP contribution in [0.3, 0.4) is 0 Å². The van der Waals surface area contributed by atoms with Gasteiger partial charge in [0.2, 0.25) is 5.95 Å². The van der Waals surface area contributed by atoms with Gasteiger partial charge in [-0.1, -0.05) is 0 Å². The number of aryl methyl sites for hydroxylation is 2. The summed E-state index contributed by atoms with van der Waals surface area (Å²) in [7, 11) is 0. The summed E-state index contributed by atoms with van der Waals surface area (Å²) >= 11 is 0. The quantitative estimate of drug-likeness (QED) is 0.628. The summed E-state index contributed by atoms with van der Waals surface area (Å²) in [6.45, 7) is 3.72. The van der Waals surface area contributed by atoms with Crippen LogP contribution in [0, 0.1) is 13.8 Å². The monoisotopic (exact) mass is 281 g/mol. The molecule has 2 aromatic heterocycles. The number of rotatable bonds is 2. The number of anilines is 2. The Hall–Kier alpha value is -2.89. The van der Waals surface area contributed by atoms with Crippen molar-refractivity contribution in [2.24, 2.45) is 0 Å². The van der Waals surface area contributed by atoms with E-state index in [-0.39, 0.29) is 5.91 Å². The van der Waals surface area contributed by atoms with Crippen molar-refractivity contribution >= 4 is 28.4 Å². The van der Waals surface area contributed by atoms with E-state index in [0.717, 1.165) is 22.3 Å². The van der Waals surface area contributed by atoms with E-state index in [9.17, 15) is 4.79 Å². The van der Waals surface area contributed by atoms with Gasteiger partial charge in [-0.05, 0) is 38.1 Å².